The highest BCUT2D eigenvalue weighted by atomic mass is 32.2. The fourth-order valence-electron chi connectivity index (χ4n) is 2.81. The molecule has 0 radical (unpaired) electrons. The fourth-order valence-corrected chi connectivity index (χ4v) is 4.11. The number of thioether (sulfide) groups is 1. The lowest BCUT2D eigenvalue weighted by molar-refractivity contribution is -0.123. The first-order valence-electron chi connectivity index (χ1n) is 7.35. The third kappa shape index (κ3) is 3.76. The van der Waals surface area contributed by atoms with Crippen molar-refractivity contribution in [1.82, 2.24) is 0 Å². The van der Waals surface area contributed by atoms with Gasteiger partial charge in [0.2, 0.25) is 5.91 Å². The third-order valence-corrected chi connectivity index (χ3v) is 5.40. The SMILES string of the molecule is NC(=O)C(N)(CCSCC1CCCC1)c1ccccc1. The summed E-state index contributed by atoms with van der Waals surface area (Å²) in [6, 6.07) is 9.47. The predicted molar refractivity (Wildman–Crippen MR) is 85.4 cm³/mol. The van der Waals surface area contributed by atoms with Crippen molar-refractivity contribution in [2.75, 3.05) is 11.5 Å². The molecule has 1 saturated carbocycles. The number of rotatable bonds is 7. The van der Waals surface area contributed by atoms with Gasteiger partial charge in [0.05, 0.1) is 0 Å². The second-order valence-corrected chi connectivity index (χ2v) is 6.83. The molecule has 1 amide bonds. The Kier molecular flexibility index (Phi) is 5.49. The zero-order chi connectivity index (χ0) is 14.4. The molecule has 0 bridgehead atoms. The summed E-state index contributed by atoms with van der Waals surface area (Å²) in [5, 5.41) is 0. The summed E-state index contributed by atoms with van der Waals surface area (Å²) in [4.78, 5) is 11.8. The normalized spacial score (nSPS) is 18.9. The lowest BCUT2D eigenvalue weighted by Crippen LogP contribution is -2.49. The minimum atomic E-state index is -1.04. The number of primary amides is 1. The first-order chi connectivity index (χ1) is 9.63. The fraction of sp³-hybridized carbons (Fsp3) is 0.562. The van der Waals surface area contributed by atoms with Gasteiger partial charge >= 0.3 is 0 Å². The largest absolute Gasteiger partial charge is 0.368 e. The average molecular weight is 292 g/mol. The van der Waals surface area contributed by atoms with Crippen LogP contribution >= 0.6 is 11.8 Å². The van der Waals surface area contributed by atoms with Crippen LogP contribution in [0.5, 0.6) is 0 Å². The highest BCUT2D eigenvalue weighted by Gasteiger charge is 2.33. The quantitative estimate of drug-likeness (QED) is 0.759. The first-order valence-corrected chi connectivity index (χ1v) is 8.50. The van der Waals surface area contributed by atoms with Gasteiger partial charge in [0.15, 0.2) is 0 Å². The maximum Gasteiger partial charge on any atom is 0.242 e. The summed E-state index contributed by atoms with van der Waals surface area (Å²) in [6.45, 7) is 0. The molecule has 1 atom stereocenters. The molecule has 0 spiro atoms. The maximum atomic E-state index is 11.8. The Morgan fingerprint density at radius 1 is 1.25 bits per heavy atom. The van der Waals surface area contributed by atoms with Crippen LogP contribution < -0.4 is 11.5 Å². The molecule has 0 aromatic heterocycles. The summed E-state index contributed by atoms with van der Waals surface area (Å²) in [7, 11) is 0. The van der Waals surface area contributed by atoms with Crippen LogP contribution in [0, 0.1) is 5.92 Å². The number of nitrogens with two attached hydrogens (primary N) is 2. The second-order valence-electron chi connectivity index (χ2n) is 5.68. The monoisotopic (exact) mass is 292 g/mol. The van der Waals surface area contributed by atoms with E-state index in [-0.39, 0.29) is 0 Å². The number of carbonyl (C=O) groups is 1. The lowest BCUT2D eigenvalue weighted by atomic mass is 9.88. The lowest BCUT2D eigenvalue weighted by Gasteiger charge is -2.26. The zero-order valence-electron chi connectivity index (χ0n) is 11.9. The minimum absolute atomic E-state index is 0.440. The highest BCUT2D eigenvalue weighted by molar-refractivity contribution is 7.99. The molecular formula is C16H24N2OS. The molecule has 0 saturated heterocycles. The van der Waals surface area contributed by atoms with E-state index in [9.17, 15) is 4.79 Å². The van der Waals surface area contributed by atoms with Crippen LogP contribution in [0.25, 0.3) is 0 Å². The van der Waals surface area contributed by atoms with Crippen molar-refractivity contribution < 1.29 is 4.79 Å². The maximum absolute atomic E-state index is 11.8. The van der Waals surface area contributed by atoms with Crippen LogP contribution in [0.15, 0.2) is 30.3 Å². The van der Waals surface area contributed by atoms with Crippen molar-refractivity contribution in [1.29, 1.82) is 0 Å². The van der Waals surface area contributed by atoms with Crippen LogP contribution in [-0.4, -0.2) is 17.4 Å². The molecule has 0 heterocycles. The zero-order valence-corrected chi connectivity index (χ0v) is 12.7. The van der Waals surface area contributed by atoms with Crippen molar-refractivity contribution in [3.63, 3.8) is 0 Å². The van der Waals surface area contributed by atoms with Gasteiger partial charge in [-0.3, -0.25) is 4.79 Å². The van der Waals surface area contributed by atoms with Crippen LogP contribution in [0.2, 0.25) is 0 Å². The van der Waals surface area contributed by atoms with Gasteiger partial charge < -0.3 is 11.5 Å². The molecule has 2 rings (SSSR count). The standard InChI is InChI=1S/C16H24N2OS/c17-15(19)16(18,14-8-2-1-3-9-14)10-11-20-12-13-6-4-5-7-13/h1-3,8-9,13H,4-7,10-12,18H2,(H2,17,19). The predicted octanol–water partition coefficient (Wildman–Crippen LogP) is 2.64. The van der Waals surface area contributed by atoms with E-state index in [1.165, 1.54) is 31.4 Å². The highest BCUT2D eigenvalue weighted by Crippen LogP contribution is 2.29. The molecule has 1 aromatic rings. The molecular weight excluding hydrogens is 268 g/mol. The van der Waals surface area contributed by atoms with Gasteiger partial charge in [-0.1, -0.05) is 43.2 Å². The van der Waals surface area contributed by atoms with Gasteiger partial charge in [-0.2, -0.15) is 11.8 Å². The van der Waals surface area contributed by atoms with E-state index in [0.29, 0.717) is 6.42 Å². The Hall–Kier alpha value is -1.00. The summed E-state index contributed by atoms with van der Waals surface area (Å²) in [5.74, 6) is 2.48. The molecule has 20 heavy (non-hydrogen) atoms. The summed E-state index contributed by atoms with van der Waals surface area (Å²) in [5.41, 5.74) is 11.6. The summed E-state index contributed by atoms with van der Waals surface area (Å²) in [6.07, 6.45) is 6.06. The topological polar surface area (TPSA) is 69.1 Å². The van der Waals surface area contributed by atoms with Crippen molar-refractivity contribution in [2.45, 2.75) is 37.6 Å². The van der Waals surface area contributed by atoms with Crippen molar-refractivity contribution in [3.8, 4) is 0 Å². The van der Waals surface area contributed by atoms with E-state index in [1.54, 1.807) is 0 Å². The van der Waals surface area contributed by atoms with E-state index in [0.717, 1.165) is 17.2 Å². The van der Waals surface area contributed by atoms with Gasteiger partial charge in [0.1, 0.15) is 5.54 Å². The number of hydrogen-bond donors (Lipinski definition) is 2. The molecule has 3 nitrogen and oxygen atoms in total. The Morgan fingerprint density at radius 2 is 1.90 bits per heavy atom. The van der Waals surface area contributed by atoms with Crippen LogP contribution in [0.4, 0.5) is 0 Å². The van der Waals surface area contributed by atoms with E-state index in [4.69, 9.17) is 11.5 Å². The molecule has 1 unspecified atom stereocenters. The van der Waals surface area contributed by atoms with Crippen LogP contribution in [0.1, 0.15) is 37.7 Å². The van der Waals surface area contributed by atoms with Gasteiger partial charge in [-0.25, -0.2) is 0 Å². The summed E-state index contributed by atoms with van der Waals surface area (Å²) >= 11 is 1.90. The molecule has 4 N–H and O–H groups in total. The third-order valence-electron chi connectivity index (χ3n) is 4.20. The van der Waals surface area contributed by atoms with Crippen molar-refractivity contribution >= 4 is 17.7 Å². The Bertz CT molecular complexity index is 431. The average Bonchev–Trinajstić information content (AvgIpc) is 2.97. The van der Waals surface area contributed by atoms with Gasteiger partial charge in [-0.05, 0) is 42.2 Å². The molecule has 110 valence electrons. The number of amides is 1. The van der Waals surface area contributed by atoms with Gasteiger partial charge in [-0.15, -0.1) is 0 Å². The van der Waals surface area contributed by atoms with E-state index in [2.05, 4.69) is 0 Å². The smallest absolute Gasteiger partial charge is 0.242 e. The van der Waals surface area contributed by atoms with Crippen molar-refractivity contribution in [3.05, 3.63) is 35.9 Å². The first kappa shape index (κ1) is 15.4. The minimum Gasteiger partial charge on any atom is -0.368 e. The van der Waals surface area contributed by atoms with Gasteiger partial charge in [0.25, 0.3) is 0 Å². The molecule has 1 fully saturated rings. The van der Waals surface area contributed by atoms with Crippen LogP contribution in [0.3, 0.4) is 0 Å². The van der Waals surface area contributed by atoms with E-state index >= 15 is 0 Å². The molecule has 0 aliphatic heterocycles. The molecule has 1 aliphatic carbocycles. The van der Waals surface area contributed by atoms with E-state index in [1.807, 2.05) is 42.1 Å². The van der Waals surface area contributed by atoms with E-state index < -0.39 is 11.4 Å². The molecule has 4 heteroatoms. The number of benzene rings is 1. The second kappa shape index (κ2) is 7.14. The molecule has 1 aliphatic rings. The number of carbonyl (C=O) groups excluding carboxylic acids is 1. The van der Waals surface area contributed by atoms with Crippen LogP contribution in [-0.2, 0) is 10.3 Å². The summed E-state index contributed by atoms with van der Waals surface area (Å²) < 4.78 is 0. The Labute approximate surface area is 125 Å². The van der Waals surface area contributed by atoms with Crippen molar-refractivity contribution in [2.24, 2.45) is 17.4 Å². The molecule has 1 aromatic carbocycles. The Morgan fingerprint density at radius 3 is 2.50 bits per heavy atom. The van der Waals surface area contributed by atoms with Gasteiger partial charge in [0, 0.05) is 0 Å². The Balaban J connectivity index is 1.87. The number of hydrogen-bond acceptors (Lipinski definition) is 3.